The molecule has 0 atom stereocenters. The minimum Gasteiger partial charge on any atom is -0.463 e. The lowest BCUT2D eigenvalue weighted by atomic mass is 10.2. The van der Waals surface area contributed by atoms with Crippen LogP contribution < -0.4 is 15.8 Å². The fraction of sp³-hybridized carbons (Fsp3) is 0.308. The molecule has 1 heterocycles. The number of ether oxygens (including phenoxy) is 1. The van der Waals surface area contributed by atoms with Gasteiger partial charge in [0.05, 0.1) is 6.61 Å². The molecule has 0 aliphatic carbocycles. The van der Waals surface area contributed by atoms with Crippen molar-refractivity contribution in [1.82, 2.24) is 15.0 Å². The van der Waals surface area contributed by atoms with E-state index in [2.05, 4.69) is 20.3 Å². The van der Waals surface area contributed by atoms with E-state index in [9.17, 15) is 4.39 Å². The maximum Gasteiger partial charge on any atom is 0.323 e. The van der Waals surface area contributed by atoms with Crippen LogP contribution in [0.1, 0.15) is 18.9 Å². The molecule has 6 nitrogen and oxygen atoms in total. The van der Waals surface area contributed by atoms with Crippen LogP contribution in [-0.4, -0.2) is 21.6 Å². The number of aromatic nitrogens is 3. The second-order valence-electron chi connectivity index (χ2n) is 4.23. The lowest BCUT2D eigenvalue weighted by Crippen LogP contribution is -2.07. The number of hydrogen-bond acceptors (Lipinski definition) is 6. The van der Waals surface area contributed by atoms with E-state index in [-0.39, 0.29) is 23.7 Å². The maximum absolute atomic E-state index is 13.0. The number of nitrogens with two attached hydrogens (primary N) is 1. The van der Waals surface area contributed by atoms with Crippen molar-refractivity contribution < 1.29 is 9.13 Å². The highest BCUT2D eigenvalue weighted by Crippen LogP contribution is 2.20. The van der Waals surface area contributed by atoms with E-state index in [0.717, 1.165) is 12.0 Å². The van der Waals surface area contributed by atoms with Gasteiger partial charge in [-0.25, -0.2) is 4.39 Å². The van der Waals surface area contributed by atoms with Crippen LogP contribution in [0.25, 0.3) is 0 Å². The van der Waals surface area contributed by atoms with Crippen molar-refractivity contribution in [2.75, 3.05) is 17.7 Å². The Hall–Kier alpha value is -2.44. The summed E-state index contributed by atoms with van der Waals surface area (Å²) in [6, 6.07) is 4.55. The summed E-state index contributed by atoms with van der Waals surface area (Å²) in [4.78, 5) is 12.0. The maximum atomic E-state index is 13.0. The summed E-state index contributed by atoms with van der Waals surface area (Å²) < 4.78 is 18.4. The van der Waals surface area contributed by atoms with Crippen LogP contribution in [0.5, 0.6) is 6.01 Å². The monoisotopic (exact) mass is 277 g/mol. The fourth-order valence-corrected chi connectivity index (χ4v) is 1.57. The largest absolute Gasteiger partial charge is 0.463 e. The molecule has 0 radical (unpaired) electrons. The van der Waals surface area contributed by atoms with Gasteiger partial charge in [0, 0.05) is 5.69 Å². The zero-order valence-corrected chi connectivity index (χ0v) is 11.4. The molecule has 1 aromatic carbocycles. The first-order chi connectivity index (χ1) is 9.58. The Morgan fingerprint density at radius 3 is 2.80 bits per heavy atom. The van der Waals surface area contributed by atoms with E-state index in [0.29, 0.717) is 12.3 Å². The number of aryl methyl sites for hydroxylation is 1. The molecule has 3 N–H and O–H groups in total. The van der Waals surface area contributed by atoms with Gasteiger partial charge >= 0.3 is 6.01 Å². The van der Waals surface area contributed by atoms with Crippen molar-refractivity contribution in [1.29, 1.82) is 0 Å². The third kappa shape index (κ3) is 3.53. The van der Waals surface area contributed by atoms with Crippen LogP contribution in [0.15, 0.2) is 18.2 Å². The minimum atomic E-state index is -0.296. The highest BCUT2D eigenvalue weighted by atomic mass is 19.1. The van der Waals surface area contributed by atoms with E-state index < -0.39 is 0 Å². The molecule has 0 amide bonds. The SMILES string of the molecule is CCCOc1nc(N)nc(Nc2ccc(F)cc2C)n1. The fourth-order valence-electron chi connectivity index (χ4n) is 1.57. The van der Waals surface area contributed by atoms with Gasteiger partial charge in [0.15, 0.2) is 0 Å². The molecular formula is C13H16FN5O. The summed E-state index contributed by atoms with van der Waals surface area (Å²) >= 11 is 0. The van der Waals surface area contributed by atoms with E-state index in [4.69, 9.17) is 10.5 Å². The lowest BCUT2D eigenvalue weighted by molar-refractivity contribution is 0.292. The third-order valence-electron chi connectivity index (χ3n) is 2.50. The predicted octanol–water partition coefficient (Wildman–Crippen LogP) is 2.43. The summed E-state index contributed by atoms with van der Waals surface area (Å²) in [5.41, 5.74) is 7.03. The second kappa shape index (κ2) is 6.14. The molecule has 2 rings (SSSR count). The molecule has 7 heteroatoms. The highest BCUT2D eigenvalue weighted by Gasteiger charge is 2.07. The molecule has 0 aliphatic rings. The van der Waals surface area contributed by atoms with Crippen LogP contribution in [0.3, 0.4) is 0 Å². The van der Waals surface area contributed by atoms with E-state index >= 15 is 0 Å². The summed E-state index contributed by atoms with van der Waals surface area (Å²) in [6.07, 6.45) is 0.839. The molecule has 0 aliphatic heterocycles. The highest BCUT2D eigenvalue weighted by molar-refractivity contribution is 5.58. The molecule has 0 saturated carbocycles. The smallest absolute Gasteiger partial charge is 0.323 e. The number of benzene rings is 1. The van der Waals surface area contributed by atoms with Crippen molar-refractivity contribution in [2.45, 2.75) is 20.3 Å². The Kier molecular flexibility index (Phi) is 4.29. The predicted molar refractivity (Wildman–Crippen MR) is 74.4 cm³/mol. The second-order valence-corrected chi connectivity index (χ2v) is 4.23. The molecule has 1 aromatic heterocycles. The van der Waals surface area contributed by atoms with E-state index in [1.165, 1.54) is 12.1 Å². The number of rotatable bonds is 5. The van der Waals surface area contributed by atoms with Crippen LogP contribution in [-0.2, 0) is 0 Å². The van der Waals surface area contributed by atoms with E-state index in [1.807, 2.05) is 6.92 Å². The van der Waals surface area contributed by atoms with Gasteiger partial charge in [0.25, 0.3) is 0 Å². The molecule has 0 bridgehead atoms. The number of nitrogens with zero attached hydrogens (tertiary/aromatic N) is 3. The van der Waals surface area contributed by atoms with Gasteiger partial charge in [-0.05, 0) is 37.1 Å². The normalized spacial score (nSPS) is 10.3. The summed E-state index contributed by atoms with van der Waals surface area (Å²) in [5.74, 6) is 0.0295. The zero-order chi connectivity index (χ0) is 14.5. The molecule has 0 fully saturated rings. The van der Waals surface area contributed by atoms with Gasteiger partial charge in [-0.3, -0.25) is 0 Å². The average Bonchev–Trinajstić information content (AvgIpc) is 2.39. The Balaban J connectivity index is 2.21. The Labute approximate surface area is 116 Å². The summed E-state index contributed by atoms with van der Waals surface area (Å²) in [5, 5.41) is 2.97. The minimum absolute atomic E-state index is 0.0633. The van der Waals surface area contributed by atoms with Crippen LogP contribution in [0, 0.1) is 12.7 Å². The van der Waals surface area contributed by atoms with Gasteiger partial charge in [-0.1, -0.05) is 6.92 Å². The number of halogens is 1. The molecule has 0 spiro atoms. The van der Waals surface area contributed by atoms with Gasteiger partial charge in [0.2, 0.25) is 11.9 Å². The van der Waals surface area contributed by atoms with Crippen LogP contribution in [0.2, 0.25) is 0 Å². The van der Waals surface area contributed by atoms with Crippen molar-refractivity contribution in [3.8, 4) is 6.01 Å². The van der Waals surface area contributed by atoms with Crippen LogP contribution >= 0.6 is 0 Å². The standard InChI is InChI=1S/C13H16FN5O/c1-3-6-20-13-18-11(15)17-12(19-13)16-10-5-4-9(14)7-8(10)2/h4-5,7H,3,6H2,1-2H3,(H3,15,16,17,18,19). The third-order valence-corrected chi connectivity index (χ3v) is 2.50. The first-order valence-corrected chi connectivity index (χ1v) is 6.26. The van der Waals surface area contributed by atoms with Gasteiger partial charge in [0.1, 0.15) is 5.82 Å². The Morgan fingerprint density at radius 1 is 1.30 bits per heavy atom. The van der Waals surface area contributed by atoms with E-state index in [1.54, 1.807) is 13.0 Å². The van der Waals surface area contributed by atoms with Crippen molar-refractivity contribution in [3.05, 3.63) is 29.6 Å². The Bertz CT molecular complexity index is 605. The molecular weight excluding hydrogens is 261 g/mol. The molecule has 0 unspecified atom stereocenters. The first kappa shape index (κ1) is 14.0. The number of nitrogen functional groups attached to an aromatic ring is 1. The van der Waals surface area contributed by atoms with Gasteiger partial charge in [-0.15, -0.1) is 0 Å². The molecule has 20 heavy (non-hydrogen) atoms. The summed E-state index contributed by atoms with van der Waals surface area (Å²) in [6.45, 7) is 4.26. The number of hydrogen-bond donors (Lipinski definition) is 2. The molecule has 0 saturated heterocycles. The van der Waals surface area contributed by atoms with Crippen molar-refractivity contribution >= 4 is 17.6 Å². The number of anilines is 3. The topological polar surface area (TPSA) is 86.0 Å². The summed E-state index contributed by atoms with van der Waals surface area (Å²) in [7, 11) is 0. The Morgan fingerprint density at radius 2 is 2.10 bits per heavy atom. The first-order valence-electron chi connectivity index (χ1n) is 6.26. The average molecular weight is 277 g/mol. The van der Waals surface area contributed by atoms with Gasteiger partial charge in [-0.2, -0.15) is 15.0 Å². The van der Waals surface area contributed by atoms with Crippen molar-refractivity contribution in [3.63, 3.8) is 0 Å². The number of nitrogens with one attached hydrogen (secondary N) is 1. The van der Waals surface area contributed by atoms with Crippen molar-refractivity contribution in [2.24, 2.45) is 0 Å². The molecule has 2 aromatic rings. The van der Waals surface area contributed by atoms with Gasteiger partial charge < -0.3 is 15.8 Å². The van der Waals surface area contributed by atoms with Crippen LogP contribution in [0.4, 0.5) is 22.0 Å². The lowest BCUT2D eigenvalue weighted by Gasteiger charge is -2.09. The zero-order valence-electron chi connectivity index (χ0n) is 11.4. The molecule has 106 valence electrons. The quantitative estimate of drug-likeness (QED) is 0.873.